The highest BCUT2D eigenvalue weighted by molar-refractivity contribution is 14.1. The van der Waals surface area contributed by atoms with Gasteiger partial charge in [0.2, 0.25) is 5.90 Å². The Labute approximate surface area is 174 Å². The monoisotopic (exact) mass is 525 g/mol. The number of carbonyl (C=O) groups excluding carboxylic acids is 1. The van der Waals surface area contributed by atoms with E-state index in [0.29, 0.717) is 12.5 Å². The number of halogens is 2. The van der Waals surface area contributed by atoms with E-state index in [4.69, 9.17) is 9.47 Å². The van der Waals surface area contributed by atoms with Crippen molar-refractivity contribution in [3.8, 4) is 5.75 Å². The predicted octanol–water partition coefficient (Wildman–Crippen LogP) is 5.58. The molecule has 0 atom stereocenters. The highest BCUT2D eigenvalue weighted by Gasteiger charge is 2.24. The molecule has 0 N–H and O–H groups in total. The lowest BCUT2D eigenvalue weighted by Gasteiger charge is -2.05. The zero-order chi connectivity index (χ0) is 18.5. The zero-order valence-corrected chi connectivity index (χ0v) is 17.9. The Morgan fingerprint density at radius 1 is 1.27 bits per heavy atom. The molecule has 2 aromatic carbocycles. The maximum absolute atomic E-state index is 12.2. The lowest BCUT2D eigenvalue weighted by atomic mass is 10.2. The summed E-state index contributed by atoms with van der Waals surface area (Å²) in [6.07, 6.45) is 3.81. The van der Waals surface area contributed by atoms with E-state index < -0.39 is 5.97 Å². The molecule has 0 aromatic heterocycles. The summed E-state index contributed by atoms with van der Waals surface area (Å²) in [5.74, 6) is 0.644. The molecule has 2 aromatic rings. The van der Waals surface area contributed by atoms with Gasteiger partial charge >= 0.3 is 5.97 Å². The van der Waals surface area contributed by atoms with Crippen LogP contribution in [-0.2, 0) is 9.53 Å². The van der Waals surface area contributed by atoms with Gasteiger partial charge in [0.25, 0.3) is 0 Å². The molecule has 0 fully saturated rings. The number of hydrogen-bond donors (Lipinski definition) is 0. The molecule has 0 amide bonds. The number of carbonyl (C=O) groups is 1. The smallest absolute Gasteiger partial charge is 0.363 e. The molecule has 0 saturated carbocycles. The number of benzene rings is 2. The summed E-state index contributed by atoms with van der Waals surface area (Å²) in [6.45, 7) is 2.81. The molecule has 0 spiro atoms. The number of rotatable bonds is 6. The van der Waals surface area contributed by atoms with Crippen LogP contribution in [0.1, 0.15) is 30.9 Å². The van der Waals surface area contributed by atoms with E-state index >= 15 is 0 Å². The van der Waals surface area contributed by atoms with Crippen LogP contribution in [0, 0.1) is 3.57 Å². The zero-order valence-electron chi connectivity index (χ0n) is 14.2. The van der Waals surface area contributed by atoms with Gasteiger partial charge < -0.3 is 9.47 Å². The van der Waals surface area contributed by atoms with E-state index in [-0.39, 0.29) is 5.70 Å². The molecule has 0 aliphatic carbocycles. The Morgan fingerprint density at radius 2 is 2.12 bits per heavy atom. The first-order valence-corrected chi connectivity index (χ1v) is 10.1. The van der Waals surface area contributed by atoms with Crippen molar-refractivity contribution in [2.45, 2.75) is 19.8 Å². The van der Waals surface area contributed by atoms with Crippen LogP contribution in [0.3, 0.4) is 0 Å². The van der Waals surface area contributed by atoms with Crippen molar-refractivity contribution in [2.24, 2.45) is 4.99 Å². The van der Waals surface area contributed by atoms with Crippen molar-refractivity contribution in [3.63, 3.8) is 0 Å². The Morgan fingerprint density at radius 3 is 2.88 bits per heavy atom. The maximum Gasteiger partial charge on any atom is 0.363 e. The third-order valence-electron chi connectivity index (χ3n) is 3.72. The Bertz CT molecular complexity index is 892. The molecule has 134 valence electrons. The van der Waals surface area contributed by atoms with Crippen LogP contribution < -0.4 is 4.74 Å². The summed E-state index contributed by atoms with van der Waals surface area (Å²) >= 11 is 5.70. The summed E-state index contributed by atoms with van der Waals surface area (Å²) in [7, 11) is 0. The second-order valence-corrected chi connectivity index (χ2v) is 7.76. The first-order chi connectivity index (χ1) is 12.6. The quantitative estimate of drug-likeness (QED) is 0.214. The fourth-order valence-electron chi connectivity index (χ4n) is 2.35. The van der Waals surface area contributed by atoms with E-state index in [0.717, 1.165) is 37.8 Å². The van der Waals surface area contributed by atoms with Crippen molar-refractivity contribution in [1.82, 2.24) is 0 Å². The molecule has 6 heteroatoms. The first kappa shape index (κ1) is 19.1. The van der Waals surface area contributed by atoms with Gasteiger partial charge in [-0.15, -0.1) is 0 Å². The number of nitrogens with zero attached hydrogens (tertiary/aromatic N) is 1. The van der Waals surface area contributed by atoms with Crippen molar-refractivity contribution in [1.29, 1.82) is 0 Å². The van der Waals surface area contributed by atoms with Crippen molar-refractivity contribution in [3.05, 3.63) is 67.3 Å². The average molecular weight is 526 g/mol. The molecule has 0 unspecified atom stereocenters. The highest BCUT2D eigenvalue weighted by atomic mass is 127. The van der Waals surface area contributed by atoms with Crippen molar-refractivity contribution < 1.29 is 14.3 Å². The fourth-order valence-corrected chi connectivity index (χ4v) is 3.06. The molecule has 1 heterocycles. The lowest BCUT2D eigenvalue weighted by Crippen LogP contribution is -2.05. The van der Waals surface area contributed by atoms with Gasteiger partial charge in [0.05, 0.1) is 6.61 Å². The van der Waals surface area contributed by atoms with Crippen LogP contribution in [-0.4, -0.2) is 18.5 Å². The van der Waals surface area contributed by atoms with Crippen LogP contribution in [0.2, 0.25) is 0 Å². The third kappa shape index (κ3) is 4.73. The van der Waals surface area contributed by atoms with Gasteiger partial charge in [-0.3, -0.25) is 0 Å². The van der Waals surface area contributed by atoms with Crippen LogP contribution in [0.15, 0.2) is 57.6 Å². The van der Waals surface area contributed by atoms with Gasteiger partial charge in [-0.1, -0.05) is 25.5 Å². The van der Waals surface area contributed by atoms with Gasteiger partial charge in [0.1, 0.15) is 5.75 Å². The van der Waals surface area contributed by atoms with Crippen LogP contribution >= 0.6 is 38.5 Å². The number of hydrogen-bond acceptors (Lipinski definition) is 4. The van der Waals surface area contributed by atoms with E-state index in [2.05, 4.69) is 50.4 Å². The number of cyclic esters (lactones) is 1. The topological polar surface area (TPSA) is 47.9 Å². The minimum atomic E-state index is -0.452. The molecule has 0 saturated heterocycles. The van der Waals surface area contributed by atoms with Gasteiger partial charge in [-0.05, 0) is 86.9 Å². The lowest BCUT2D eigenvalue weighted by molar-refractivity contribution is -0.129. The molecule has 0 bridgehead atoms. The minimum Gasteiger partial charge on any atom is -0.494 e. The Hall–Kier alpha value is -1.67. The van der Waals surface area contributed by atoms with E-state index in [9.17, 15) is 4.79 Å². The van der Waals surface area contributed by atoms with Crippen LogP contribution in [0.5, 0.6) is 5.75 Å². The number of esters is 1. The van der Waals surface area contributed by atoms with E-state index in [1.807, 2.05) is 42.5 Å². The fraction of sp³-hybridized carbons (Fsp3) is 0.200. The summed E-state index contributed by atoms with van der Waals surface area (Å²) in [5, 5.41) is 0. The molecule has 1 aliphatic heterocycles. The summed E-state index contributed by atoms with van der Waals surface area (Å²) in [6, 6.07) is 13.3. The second kappa shape index (κ2) is 8.81. The molecular weight excluding hydrogens is 509 g/mol. The number of ether oxygens (including phenoxy) is 2. The normalized spacial score (nSPS) is 15.1. The standard InChI is InChI=1S/C20H17BrINO3/c1-2-3-9-25-15-6-4-5-13(10-15)11-18-20(24)26-19(23-18)14-7-8-17(22)16(21)12-14/h4-8,10-12H,2-3,9H2,1H3/b18-11-. The molecule has 26 heavy (non-hydrogen) atoms. The van der Waals surface area contributed by atoms with Gasteiger partial charge in [0, 0.05) is 13.6 Å². The summed E-state index contributed by atoms with van der Waals surface area (Å²) in [5.41, 5.74) is 1.88. The maximum atomic E-state index is 12.2. The predicted molar refractivity (Wildman–Crippen MR) is 114 cm³/mol. The van der Waals surface area contributed by atoms with E-state index in [1.54, 1.807) is 6.08 Å². The molecule has 4 nitrogen and oxygen atoms in total. The van der Waals surface area contributed by atoms with Crippen molar-refractivity contribution >= 4 is 56.5 Å². The van der Waals surface area contributed by atoms with E-state index in [1.165, 1.54) is 0 Å². The number of unbranched alkanes of at least 4 members (excludes halogenated alkanes) is 1. The van der Waals surface area contributed by atoms with Crippen LogP contribution in [0.4, 0.5) is 0 Å². The Kier molecular flexibility index (Phi) is 6.48. The minimum absolute atomic E-state index is 0.278. The van der Waals surface area contributed by atoms with Gasteiger partial charge in [0.15, 0.2) is 5.70 Å². The molecule has 3 rings (SSSR count). The first-order valence-electron chi connectivity index (χ1n) is 8.27. The van der Waals surface area contributed by atoms with Gasteiger partial charge in [-0.25, -0.2) is 9.79 Å². The SMILES string of the molecule is CCCCOc1cccc(/C=C2\N=C(c3ccc(I)c(Br)c3)OC2=O)c1. The molecule has 0 radical (unpaired) electrons. The molecular formula is C20H17BrINO3. The summed E-state index contributed by atoms with van der Waals surface area (Å²) < 4.78 is 13.0. The number of aliphatic imine (C=N–C) groups is 1. The Balaban J connectivity index is 1.82. The summed E-state index contributed by atoms with van der Waals surface area (Å²) in [4.78, 5) is 16.5. The highest BCUT2D eigenvalue weighted by Crippen LogP contribution is 2.25. The molecule has 1 aliphatic rings. The van der Waals surface area contributed by atoms with Gasteiger partial charge in [-0.2, -0.15) is 0 Å². The largest absolute Gasteiger partial charge is 0.494 e. The third-order valence-corrected chi connectivity index (χ3v) is 6.05. The van der Waals surface area contributed by atoms with Crippen LogP contribution in [0.25, 0.3) is 6.08 Å². The average Bonchev–Trinajstić information content (AvgIpc) is 2.99. The van der Waals surface area contributed by atoms with Crippen molar-refractivity contribution in [2.75, 3.05) is 6.61 Å². The second-order valence-electron chi connectivity index (χ2n) is 5.74.